The van der Waals surface area contributed by atoms with Crippen molar-refractivity contribution in [3.8, 4) is 0 Å². The maximum Gasteiger partial charge on any atom is 0.336 e. The summed E-state index contributed by atoms with van der Waals surface area (Å²) in [6.45, 7) is -0.0126. The molecule has 0 amide bonds. The highest BCUT2D eigenvalue weighted by molar-refractivity contribution is 7.10. The van der Waals surface area contributed by atoms with Crippen LogP contribution in [0.15, 0.2) is 23.6 Å². The lowest BCUT2D eigenvalue weighted by molar-refractivity contribution is -0.384. The lowest BCUT2D eigenvalue weighted by Gasteiger charge is -2.07. The van der Waals surface area contributed by atoms with E-state index < -0.39 is 33.9 Å². The Hall–Kier alpha value is -2.55. The molecule has 0 aliphatic rings. The monoisotopic (exact) mass is 314 g/mol. The van der Waals surface area contributed by atoms with Crippen LogP contribution in [0, 0.1) is 21.7 Å². The molecule has 0 fully saturated rings. The Balaban J connectivity index is 2.23. The normalized spacial score (nSPS) is 10.4. The maximum absolute atomic E-state index is 13.6. The number of hydrogen-bond donors (Lipinski definition) is 2. The molecule has 21 heavy (non-hydrogen) atoms. The Bertz CT molecular complexity index is 717. The van der Waals surface area contributed by atoms with E-state index in [4.69, 9.17) is 5.11 Å². The van der Waals surface area contributed by atoms with Crippen molar-refractivity contribution >= 4 is 28.7 Å². The summed E-state index contributed by atoms with van der Waals surface area (Å²) in [5.74, 6) is -3.23. The zero-order valence-electron chi connectivity index (χ0n) is 10.3. The van der Waals surface area contributed by atoms with Gasteiger partial charge in [0.2, 0.25) is 0 Å². The number of hydrogen-bond acceptors (Lipinski definition) is 5. The van der Waals surface area contributed by atoms with E-state index in [1.54, 1.807) is 0 Å². The van der Waals surface area contributed by atoms with Gasteiger partial charge in [0.25, 0.3) is 5.69 Å². The number of carboxylic acid groups (broad SMARTS) is 1. The van der Waals surface area contributed by atoms with Gasteiger partial charge in [0.05, 0.1) is 16.6 Å². The van der Waals surface area contributed by atoms with Crippen molar-refractivity contribution < 1.29 is 23.6 Å². The molecule has 1 aromatic carbocycles. The van der Waals surface area contributed by atoms with Gasteiger partial charge in [0.1, 0.15) is 11.5 Å². The van der Waals surface area contributed by atoms with Gasteiger partial charge in [0, 0.05) is 22.9 Å². The Labute approximate surface area is 120 Å². The number of benzene rings is 1. The second-order valence-electron chi connectivity index (χ2n) is 4.00. The van der Waals surface area contributed by atoms with Gasteiger partial charge in [0.15, 0.2) is 5.82 Å². The lowest BCUT2D eigenvalue weighted by atomic mass is 10.2. The minimum Gasteiger partial charge on any atom is -0.478 e. The molecule has 0 spiro atoms. The first-order valence-electron chi connectivity index (χ1n) is 5.56. The van der Waals surface area contributed by atoms with Gasteiger partial charge in [-0.3, -0.25) is 10.1 Å². The smallest absolute Gasteiger partial charge is 0.336 e. The third-order valence-corrected chi connectivity index (χ3v) is 3.51. The summed E-state index contributed by atoms with van der Waals surface area (Å²) in [7, 11) is 0. The molecular weight excluding hydrogens is 306 g/mol. The largest absolute Gasteiger partial charge is 0.478 e. The number of carbonyl (C=O) groups is 1. The summed E-state index contributed by atoms with van der Waals surface area (Å²) in [5, 5.41) is 23.4. The highest BCUT2D eigenvalue weighted by Gasteiger charge is 2.20. The van der Waals surface area contributed by atoms with E-state index in [0.717, 1.165) is 11.3 Å². The van der Waals surface area contributed by atoms with Gasteiger partial charge in [-0.1, -0.05) is 0 Å². The summed E-state index contributed by atoms with van der Waals surface area (Å²) < 4.78 is 26.6. The zero-order chi connectivity index (χ0) is 15.6. The molecule has 2 aromatic rings. The van der Waals surface area contributed by atoms with E-state index in [2.05, 4.69) is 5.32 Å². The molecule has 110 valence electrons. The van der Waals surface area contributed by atoms with Crippen LogP contribution in [0.1, 0.15) is 15.2 Å². The Morgan fingerprint density at radius 1 is 1.38 bits per heavy atom. The number of nitro benzene ring substituents is 1. The van der Waals surface area contributed by atoms with Crippen molar-refractivity contribution in [3.05, 3.63) is 55.8 Å². The van der Waals surface area contributed by atoms with Crippen LogP contribution in [0.4, 0.5) is 20.2 Å². The van der Waals surface area contributed by atoms with Crippen LogP contribution >= 0.6 is 11.3 Å². The molecule has 0 bridgehead atoms. The van der Waals surface area contributed by atoms with Crippen LogP contribution in [0.25, 0.3) is 0 Å². The van der Waals surface area contributed by atoms with Gasteiger partial charge >= 0.3 is 5.97 Å². The summed E-state index contributed by atoms with van der Waals surface area (Å²) in [6.07, 6.45) is 0. The zero-order valence-corrected chi connectivity index (χ0v) is 11.1. The van der Waals surface area contributed by atoms with Crippen LogP contribution in [0.3, 0.4) is 0 Å². The van der Waals surface area contributed by atoms with Crippen molar-refractivity contribution in [2.75, 3.05) is 5.32 Å². The second kappa shape index (κ2) is 5.83. The van der Waals surface area contributed by atoms with E-state index in [-0.39, 0.29) is 12.1 Å². The Morgan fingerprint density at radius 3 is 2.67 bits per heavy atom. The van der Waals surface area contributed by atoms with Gasteiger partial charge in [-0.05, 0) is 6.07 Å². The Morgan fingerprint density at radius 2 is 2.10 bits per heavy atom. The molecule has 0 radical (unpaired) electrons. The number of carboxylic acids is 1. The van der Waals surface area contributed by atoms with Crippen LogP contribution in [-0.4, -0.2) is 16.0 Å². The highest BCUT2D eigenvalue weighted by atomic mass is 32.1. The molecule has 1 aromatic heterocycles. The number of anilines is 1. The fourth-order valence-electron chi connectivity index (χ4n) is 1.64. The Kier molecular flexibility index (Phi) is 4.13. The minimum atomic E-state index is -1.10. The first-order valence-corrected chi connectivity index (χ1v) is 6.44. The fraction of sp³-hybridized carbons (Fsp3) is 0.0833. The van der Waals surface area contributed by atoms with Crippen LogP contribution < -0.4 is 5.32 Å². The van der Waals surface area contributed by atoms with Crippen molar-refractivity contribution in [2.24, 2.45) is 0 Å². The summed E-state index contributed by atoms with van der Waals surface area (Å²) in [4.78, 5) is 21.2. The molecule has 0 aliphatic heterocycles. The number of nitrogens with zero attached hydrogens (tertiary/aromatic N) is 1. The van der Waals surface area contributed by atoms with Gasteiger partial charge in [-0.15, -0.1) is 11.3 Å². The molecule has 0 atom stereocenters. The van der Waals surface area contributed by atoms with Crippen molar-refractivity contribution in [1.29, 1.82) is 0 Å². The molecule has 0 unspecified atom stereocenters. The third kappa shape index (κ3) is 3.31. The fourth-order valence-corrected chi connectivity index (χ4v) is 2.44. The van der Waals surface area contributed by atoms with E-state index in [0.29, 0.717) is 17.0 Å². The lowest BCUT2D eigenvalue weighted by Crippen LogP contribution is -2.05. The molecule has 1 heterocycles. The molecule has 6 nitrogen and oxygen atoms in total. The molecule has 2 N–H and O–H groups in total. The molecule has 0 aliphatic carbocycles. The number of aromatic carboxylic acids is 1. The molecule has 9 heteroatoms. The molecule has 0 saturated heterocycles. The van der Waals surface area contributed by atoms with Crippen molar-refractivity contribution in [1.82, 2.24) is 0 Å². The predicted molar refractivity (Wildman–Crippen MR) is 71.6 cm³/mol. The first kappa shape index (κ1) is 14.9. The second-order valence-corrected chi connectivity index (χ2v) is 5.00. The SMILES string of the molecule is O=C(O)c1csc(CNc2c(F)cc(F)cc2[N+](=O)[O-])c1. The number of nitro groups is 1. The van der Waals surface area contributed by atoms with Gasteiger partial charge in [-0.2, -0.15) is 0 Å². The number of halogens is 2. The standard InChI is InChI=1S/C12H8F2N2O4S/c13-7-2-9(14)11(10(3-7)16(19)20)15-4-8-1-6(5-21-8)12(17)18/h1-3,5,15H,4H2,(H,17,18). The van der Waals surface area contributed by atoms with Crippen molar-refractivity contribution in [3.63, 3.8) is 0 Å². The summed E-state index contributed by atoms with van der Waals surface area (Å²) in [5.41, 5.74) is -1.08. The average Bonchev–Trinajstić information content (AvgIpc) is 2.85. The molecule has 0 saturated carbocycles. The van der Waals surface area contributed by atoms with Gasteiger partial charge < -0.3 is 10.4 Å². The minimum absolute atomic E-state index is 0.0126. The molecule has 2 rings (SSSR count). The van der Waals surface area contributed by atoms with Gasteiger partial charge in [-0.25, -0.2) is 13.6 Å². The van der Waals surface area contributed by atoms with Crippen LogP contribution in [0.5, 0.6) is 0 Å². The maximum atomic E-state index is 13.6. The van der Waals surface area contributed by atoms with Crippen molar-refractivity contribution in [2.45, 2.75) is 6.54 Å². The number of rotatable bonds is 5. The number of thiophene rings is 1. The third-order valence-electron chi connectivity index (χ3n) is 2.57. The average molecular weight is 314 g/mol. The highest BCUT2D eigenvalue weighted by Crippen LogP contribution is 2.29. The topological polar surface area (TPSA) is 92.5 Å². The van der Waals surface area contributed by atoms with E-state index >= 15 is 0 Å². The van der Waals surface area contributed by atoms with Crippen LogP contribution in [-0.2, 0) is 6.54 Å². The number of nitrogens with one attached hydrogen (secondary N) is 1. The van der Waals surface area contributed by atoms with E-state index in [1.165, 1.54) is 11.4 Å². The molecular formula is C12H8F2N2O4S. The summed E-state index contributed by atoms with van der Waals surface area (Å²) >= 11 is 1.11. The van der Waals surface area contributed by atoms with E-state index in [1.807, 2.05) is 0 Å². The van der Waals surface area contributed by atoms with E-state index in [9.17, 15) is 23.7 Å². The quantitative estimate of drug-likeness (QED) is 0.653. The predicted octanol–water partition coefficient (Wildman–Crippen LogP) is 3.24. The first-order chi connectivity index (χ1) is 9.88. The summed E-state index contributed by atoms with van der Waals surface area (Å²) in [6, 6.07) is 2.52. The van der Waals surface area contributed by atoms with Crippen LogP contribution in [0.2, 0.25) is 0 Å².